The number of Topliss-reactive ketones (excluding diaryl/α,β-unsaturated/α-hetero) is 1. The van der Waals surface area contributed by atoms with Crippen molar-refractivity contribution < 1.29 is 29.6 Å². The van der Waals surface area contributed by atoms with Gasteiger partial charge in [0, 0.05) is 17.2 Å². The van der Waals surface area contributed by atoms with E-state index in [2.05, 4.69) is 4.98 Å². The van der Waals surface area contributed by atoms with Gasteiger partial charge in [-0.25, -0.2) is 4.98 Å². The molecule has 0 saturated carbocycles. The first-order valence-electron chi connectivity index (χ1n) is 12.2. The van der Waals surface area contributed by atoms with Crippen molar-refractivity contribution in [3.63, 3.8) is 0 Å². The molecule has 0 radical (unpaired) electrons. The lowest BCUT2D eigenvalue weighted by Gasteiger charge is -2.30. The zero-order valence-corrected chi connectivity index (χ0v) is 22.1. The lowest BCUT2D eigenvalue weighted by Crippen LogP contribution is -2.39. The summed E-state index contributed by atoms with van der Waals surface area (Å²) in [5, 5.41) is 35.0. The maximum atomic E-state index is 12.9. The van der Waals surface area contributed by atoms with Crippen LogP contribution in [0, 0.1) is 24.7 Å². The summed E-state index contributed by atoms with van der Waals surface area (Å²) < 4.78 is 5.74. The first-order chi connectivity index (χ1) is 15.8. The minimum atomic E-state index is -1.20. The SMILES string of the molecule is C/C(=C\c1csc(C)n1)[C@@H]1CC[C@](C)(O)CCC[C@H](C)[C@H](O)[C@@H](C)C(=O)[C@H](C)[C@@H](O)CC(=O)O1. The van der Waals surface area contributed by atoms with Crippen LogP contribution in [0.25, 0.3) is 6.08 Å². The molecule has 0 unspecified atom stereocenters. The van der Waals surface area contributed by atoms with E-state index in [4.69, 9.17) is 4.74 Å². The fourth-order valence-electron chi connectivity index (χ4n) is 4.51. The summed E-state index contributed by atoms with van der Waals surface area (Å²) in [6, 6.07) is 0. The van der Waals surface area contributed by atoms with Crippen LogP contribution in [0.2, 0.25) is 0 Å². The topological polar surface area (TPSA) is 117 Å². The van der Waals surface area contributed by atoms with Gasteiger partial charge in [0.2, 0.25) is 0 Å². The van der Waals surface area contributed by atoms with Gasteiger partial charge >= 0.3 is 5.97 Å². The van der Waals surface area contributed by atoms with Crippen LogP contribution in [0.15, 0.2) is 11.0 Å². The van der Waals surface area contributed by atoms with Crippen molar-refractivity contribution in [1.82, 2.24) is 4.98 Å². The number of nitrogens with zero attached hydrogens (tertiary/aromatic N) is 1. The Kier molecular flexibility index (Phi) is 10.4. The number of cyclic esters (lactones) is 1. The number of aryl methyl sites for hydroxylation is 1. The Balaban J connectivity index is 2.27. The second-order valence-electron chi connectivity index (χ2n) is 10.3. The molecule has 0 amide bonds. The van der Waals surface area contributed by atoms with Crippen LogP contribution in [0.1, 0.15) is 83.8 Å². The van der Waals surface area contributed by atoms with Gasteiger partial charge in [0.05, 0.1) is 34.9 Å². The van der Waals surface area contributed by atoms with Crippen LogP contribution < -0.4 is 0 Å². The molecule has 0 aliphatic carbocycles. The predicted octanol–water partition coefficient (Wildman–Crippen LogP) is 4.07. The summed E-state index contributed by atoms with van der Waals surface area (Å²) in [5.74, 6) is -2.47. The number of aliphatic hydroxyl groups excluding tert-OH is 2. The van der Waals surface area contributed by atoms with Gasteiger partial charge in [0.15, 0.2) is 0 Å². The van der Waals surface area contributed by atoms with Crippen LogP contribution in [-0.4, -0.2) is 56.0 Å². The van der Waals surface area contributed by atoms with Crippen LogP contribution in [0.5, 0.6) is 0 Å². The number of aliphatic hydroxyl groups is 3. The van der Waals surface area contributed by atoms with Gasteiger partial charge in [-0.3, -0.25) is 9.59 Å². The second-order valence-corrected chi connectivity index (χ2v) is 11.4. The van der Waals surface area contributed by atoms with Crippen LogP contribution in [0.4, 0.5) is 0 Å². The van der Waals surface area contributed by atoms with E-state index >= 15 is 0 Å². The van der Waals surface area contributed by atoms with E-state index < -0.39 is 41.7 Å². The number of thiazole rings is 1. The van der Waals surface area contributed by atoms with Crippen molar-refractivity contribution in [1.29, 1.82) is 0 Å². The van der Waals surface area contributed by atoms with E-state index in [0.29, 0.717) is 32.1 Å². The average molecular weight is 496 g/mol. The quantitative estimate of drug-likeness (QED) is 0.530. The Morgan fingerprint density at radius 2 is 1.85 bits per heavy atom. The summed E-state index contributed by atoms with van der Waals surface area (Å²) in [7, 11) is 0. The average Bonchev–Trinajstić information content (AvgIpc) is 3.17. The van der Waals surface area contributed by atoms with E-state index in [9.17, 15) is 24.9 Å². The van der Waals surface area contributed by atoms with Gasteiger partial charge < -0.3 is 20.1 Å². The molecule has 34 heavy (non-hydrogen) atoms. The normalized spacial score (nSPS) is 35.7. The van der Waals surface area contributed by atoms with Crippen molar-refractivity contribution in [2.75, 3.05) is 0 Å². The molecule has 1 aromatic rings. The first kappa shape index (κ1) is 28.6. The van der Waals surface area contributed by atoms with Crippen molar-refractivity contribution in [2.45, 2.75) is 104 Å². The van der Waals surface area contributed by atoms with Gasteiger partial charge in [-0.05, 0) is 64.0 Å². The molecule has 8 heteroatoms. The van der Waals surface area contributed by atoms with Crippen LogP contribution >= 0.6 is 11.3 Å². The third-order valence-electron chi connectivity index (χ3n) is 7.06. The molecule has 2 heterocycles. The van der Waals surface area contributed by atoms with Crippen molar-refractivity contribution in [2.24, 2.45) is 17.8 Å². The first-order valence-corrected chi connectivity index (χ1v) is 13.1. The lowest BCUT2D eigenvalue weighted by molar-refractivity contribution is -0.152. The van der Waals surface area contributed by atoms with E-state index in [1.165, 1.54) is 11.3 Å². The number of hydrogen-bond acceptors (Lipinski definition) is 8. The highest BCUT2D eigenvalue weighted by Crippen LogP contribution is 2.29. The third-order valence-corrected chi connectivity index (χ3v) is 7.85. The smallest absolute Gasteiger partial charge is 0.309 e. The maximum Gasteiger partial charge on any atom is 0.309 e. The van der Waals surface area contributed by atoms with E-state index in [1.807, 2.05) is 32.2 Å². The fraction of sp³-hybridized carbons (Fsp3) is 0.731. The highest BCUT2D eigenvalue weighted by Gasteiger charge is 2.35. The van der Waals surface area contributed by atoms with Gasteiger partial charge in [-0.1, -0.05) is 27.2 Å². The number of esters is 1. The summed E-state index contributed by atoms with van der Waals surface area (Å²) in [4.78, 5) is 30.0. The minimum absolute atomic E-state index is 0.128. The van der Waals surface area contributed by atoms with Crippen molar-refractivity contribution >= 4 is 29.2 Å². The number of carbonyl (C=O) groups is 2. The van der Waals surface area contributed by atoms with E-state index in [1.54, 1.807) is 20.8 Å². The Morgan fingerprint density at radius 3 is 2.47 bits per heavy atom. The molecule has 7 nitrogen and oxygen atoms in total. The number of rotatable bonds is 2. The van der Waals surface area contributed by atoms with Gasteiger partial charge in [0.1, 0.15) is 11.9 Å². The summed E-state index contributed by atoms with van der Waals surface area (Å²) in [5.41, 5.74) is 0.634. The minimum Gasteiger partial charge on any atom is -0.458 e. The van der Waals surface area contributed by atoms with Crippen molar-refractivity contribution in [3.8, 4) is 0 Å². The molecule has 1 aliphatic rings. The summed E-state index contributed by atoms with van der Waals surface area (Å²) >= 11 is 1.53. The molecule has 1 saturated heterocycles. The molecular formula is C26H41NO6S. The number of ketones is 1. The van der Waals surface area contributed by atoms with Crippen LogP contribution in [-0.2, 0) is 14.3 Å². The Bertz CT molecular complexity index is 863. The Labute approximate surface area is 207 Å². The van der Waals surface area contributed by atoms with Gasteiger partial charge in [-0.2, -0.15) is 0 Å². The zero-order chi connectivity index (χ0) is 25.6. The molecule has 192 valence electrons. The van der Waals surface area contributed by atoms with Gasteiger partial charge in [-0.15, -0.1) is 11.3 Å². The summed E-state index contributed by atoms with van der Waals surface area (Å²) in [6.45, 7) is 10.7. The van der Waals surface area contributed by atoms with E-state index in [0.717, 1.165) is 16.3 Å². The number of ether oxygens (including phenoxy) is 1. The molecule has 0 bridgehead atoms. The molecule has 3 N–H and O–H groups in total. The standard InChI is InChI=1S/C26H41NO6S/c1-15-8-7-10-26(6,32)11-9-22(16(2)12-20-14-34-19(5)27-20)33-23(29)13-21(28)17(3)25(31)18(4)24(15)30/h12,14-15,17-18,21-22,24,28,30,32H,7-11,13H2,1-6H3/b16-12+/t15-,17+,18+,21-,22-,24-,26+/m0/s1. The second kappa shape index (κ2) is 12.4. The Morgan fingerprint density at radius 1 is 1.18 bits per heavy atom. The molecule has 1 aromatic heterocycles. The van der Waals surface area contributed by atoms with Crippen LogP contribution in [0.3, 0.4) is 0 Å². The van der Waals surface area contributed by atoms with Gasteiger partial charge in [0.25, 0.3) is 0 Å². The predicted molar refractivity (Wildman–Crippen MR) is 133 cm³/mol. The largest absolute Gasteiger partial charge is 0.458 e. The monoisotopic (exact) mass is 495 g/mol. The van der Waals surface area contributed by atoms with Crippen molar-refractivity contribution in [3.05, 3.63) is 21.7 Å². The van der Waals surface area contributed by atoms with E-state index in [-0.39, 0.29) is 18.1 Å². The molecule has 1 aliphatic heterocycles. The number of carbonyl (C=O) groups excluding carboxylic acids is 2. The highest BCUT2D eigenvalue weighted by atomic mass is 32.1. The fourth-order valence-corrected chi connectivity index (χ4v) is 5.08. The summed E-state index contributed by atoms with van der Waals surface area (Å²) in [6.07, 6.45) is 1.69. The highest BCUT2D eigenvalue weighted by molar-refractivity contribution is 7.09. The Hall–Kier alpha value is -1.61. The molecular weight excluding hydrogens is 454 g/mol. The third kappa shape index (κ3) is 8.26. The molecule has 0 aromatic carbocycles. The molecule has 7 atom stereocenters. The molecule has 1 fully saturated rings. The number of hydrogen-bond donors (Lipinski definition) is 3. The zero-order valence-electron chi connectivity index (χ0n) is 21.3. The molecule has 0 spiro atoms. The lowest BCUT2D eigenvalue weighted by atomic mass is 9.81. The number of aromatic nitrogens is 1. The maximum absolute atomic E-state index is 12.9. The molecule has 2 rings (SSSR count).